The monoisotopic (exact) mass is 347 g/mol. The fourth-order valence-corrected chi connectivity index (χ4v) is 2.82. The molecule has 0 aliphatic carbocycles. The van der Waals surface area contributed by atoms with Gasteiger partial charge in [-0.15, -0.1) is 6.42 Å². The SMILES string of the molecule is C#C/C=C\C(=C/C)c1ccc(C)c(-c2cc(C(C)(C)C)cn2C)c1.CC. The maximum absolute atomic E-state index is 5.35. The number of terminal acetylenes is 1. The molecule has 1 nitrogen and oxygen atoms in total. The summed E-state index contributed by atoms with van der Waals surface area (Å²) in [5.41, 5.74) is 7.60. The Morgan fingerprint density at radius 1 is 1.15 bits per heavy atom. The third-order valence-corrected chi connectivity index (χ3v) is 4.39. The lowest BCUT2D eigenvalue weighted by molar-refractivity contribution is 0.589. The largest absolute Gasteiger partial charge is 0.350 e. The van der Waals surface area contributed by atoms with Crippen molar-refractivity contribution in [1.82, 2.24) is 4.57 Å². The number of allylic oxidation sites excluding steroid dienone is 4. The average Bonchev–Trinajstić information content (AvgIpc) is 3.00. The Balaban J connectivity index is 0.00000163. The number of benzene rings is 1. The van der Waals surface area contributed by atoms with Crippen LogP contribution < -0.4 is 0 Å². The van der Waals surface area contributed by atoms with E-state index in [0.29, 0.717) is 0 Å². The molecule has 1 heterocycles. The van der Waals surface area contributed by atoms with Crippen molar-refractivity contribution < 1.29 is 0 Å². The van der Waals surface area contributed by atoms with Crippen LogP contribution in [0.25, 0.3) is 16.8 Å². The molecular weight excluding hydrogens is 314 g/mol. The van der Waals surface area contributed by atoms with Crippen LogP contribution in [-0.4, -0.2) is 4.57 Å². The summed E-state index contributed by atoms with van der Waals surface area (Å²) < 4.78 is 2.22. The predicted octanol–water partition coefficient (Wildman–Crippen LogP) is 6.92. The normalized spacial score (nSPS) is 11.9. The van der Waals surface area contributed by atoms with E-state index in [2.05, 4.69) is 81.8 Å². The van der Waals surface area contributed by atoms with Crippen LogP contribution in [0.4, 0.5) is 0 Å². The number of aromatic nitrogens is 1. The van der Waals surface area contributed by atoms with Crippen LogP contribution in [0.1, 0.15) is 58.2 Å². The molecule has 0 unspecified atom stereocenters. The molecule has 0 amide bonds. The highest BCUT2D eigenvalue weighted by atomic mass is 14.9. The third kappa shape index (κ3) is 5.02. The second-order valence-electron chi connectivity index (χ2n) is 7.25. The van der Waals surface area contributed by atoms with E-state index in [-0.39, 0.29) is 5.41 Å². The van der Waals surface area contributed by atoms with Crippen LogP contribution in [0.5, 0.6) is 0 Å². The van der Waals surface area contributed by atoms with E-state index in [4.69, 9.17) is 6.42 Å². The highest BCUT2D eigenvalue weighted by Crippen LogP contribution is 2.32. The second kappa shape index (κ2) is 9.30. The second-order valence-corrected chi connectivity index (χ2v) is 7.25. The molecule has 0 saturated carbocycles. The Hall–Kier alpha value is -2.46. The molecule has 1 aromatic carbocycles. The van der Waals surface area contributed by atoms with E-state index < -0.39 is 0 Å². The van der Waals surface area contributed by atoms with Gasteiger partial charge < -0.3 is 4.57 Å². The van der Waals surface area contributed by atoms with Crippen molar-refractivity contribution in [2.45, 2.75) is 53.9 Å². The van der Waals surface area contributed by atoms with Crippen LogP contribution in [0, 0.1) is 19.3 Å². The van der Waals surface area contributed by atoms with Crippen LogP contribution in [0.15, 0.2) is 48.7 Å². The van der Waals surface area contributed by atoms with Gasteiger partial charge in [0.15, 0.2) is 0 Å². The lowest BCUT2D eigenvalue weighted by Crippen LogP contribution is -2.09. The number of nitrogens with zero attached hydrogens (tertiary/aromatic N) is 1. The Kier molecular flexibility index (Phi) is 7.72. The molecule has 0 N–H and O–H groups in total. The van der Waals surface area contributed by atoms with E-state index >= 15 is 0 Å². The molecule has 2 aromatic rings. The van der Waals surface area contributed by atoms with E-state index in [9.17, 15) is 0 Å². The van der Waals surface area contributed by atoms with Gasteiger partial charge in [0.1, 0.15) is 0 Å². The highest BCUT2D eigenvalue weighted by Gasteiger charge is 2.18. The summed E-state index contributed by atoms with van der Waals surface area (Å²) in [6.07, 6.45) is 13.4. The Morgan fingerprint density at radius 3 is 2.31 bits per heavy atom. The third-order valence-electron chi connectivity index (χ3n) is 4.39. The quantitative estimate of drug-likeness (QED) is 0.419. The van der Waals surface area contributed by atoms with Crippen molar-refractivity contribution >= 4 is 5.57 Å². The van der Waals surface area contributed by atoms with Gasteiger partial charge in [-0.25, -0.2) is 0 Å². The molecule has 0 aliphatic heterocycles. The zero-order chi connectivity index (χ0) is 19.9. The molecule has 138 valence electrons. The van der Waals surface area contributed by atoms with Gasteiger partial charge in [-0.2, -0.15) is 0 Å². The Morgan fingerprint density at radius 2 is 1.81 bits per heavy atom. The van der Waals surface area contributed by atoms with E-state index in [1.54, 1.807) is 6.08 Å². The van der Waals surface area contributed by atoms with Gasteiger partial charge in [0, 0.05) is 24.5 Å². The molecule has 0 atom stereocenters. The van der Waals surface area contributed by atoms with Gasteiger partial charge in [-0.1, -0.05) is 58.7 Å². The molecule has 0 spiro atoms. The van der Waals surface area contributed by atoms with Gasteiger partial charge >= 0.3 is 0 Å². The summed E-state index contributed by atoms with van der Waals surface area (Å²) in [4.78, 5) is 0. The topological polar surface area (TPSA) is 4.93 Å². The first kappa shape index (κ1) is 21.6. The van der Waals surface area contributed by atoms with Crippen molar-refractivity contribution in [3.63, 3.8) is 0 Å². The van der Waals surface area contributed by atoms with Crippen molar-refractivity contribution in [1.29, 1.82) is 0 Å². The molecule has 2 rings (SSSR count). The molecule has 26 heavy (non-hydrogen) atoms. The molecule has 0 bridgehead atoms. The van der Waals surface area contributed by atoms with Crippen LogP contribution >= 0.6 is 0 Å². The van der Waals surface area contributed by atoms with E-state index in [1.165, 1.54) is 27.9 Å². The first-order valence-electron chi connectivity index (χ1n) is 9.35. The van der Waals surface area contributed by atoms with Crippen LogP contribution in [0.2, 0.25) is 0 Å². The zero-order valence-electron chi connectivity index (χ0n) is 17.6. The summed E-state index contributed by atoms with van der Waals surface area (Å²) in [5.74, 6) is 2.56. The van der Waals surface area contributed by atoms with Gasteiger partial charge in [0.2, 0.25) is 0 Å². The molecule has 0 radical (unpaired) electrons. The fraction of sp³-hybridized carbons (Fsp3) is 0.360. The zero-order valence-corrected chi connectivity index (χ0v) is 17.6. The minimum Gasteiger partial charge on any atom is -0.350 e. The van der Waals surface area contributed by atoms with Crippen molar-refractivity contribution in [3.8, 4) is 23.6 Å². The maximum Gasteiger partial charge on any atom is 0.0483 e. The first-order chi connectivity index (χ1) is 12.3. The number of hydrogen-bond donors (Lipinski definition) is 0. The molecular formula is C25H33N. The Bertz CT molecular complexity index is 830. The summed E-state index contributed by atoms with van der Waals surface area (Å²) in [6.45, 7) is 14.9. The summed E-state index contributed by atoms with van der Waals surface area (Å²) in [5, 5.41) is 0. The van der Waals surface area contributed by atoms with Crippen molar-refractivity contribution in [2.24, 2.45) is 7.05 Å². The van der Waals surface area contributed by atoms with E-state index in [1.807, 2.05) is 26.8 Å². The standard InChI is InChI=1S/C23H27N.C2H6/c1-8-10-11-18(9-2)19-13-12-17(3)21(14-19)22-15-20(16-24(22)7)23(4,5)6;1-2/h1,9-16H,2-7H3;1-2H3/b11-10-,18-9+;. The molecule has 1 aromatic heterocycles. The average molecular weight is 348 g/mol. The fourth-order valence-electron chi connectivity index (χ4n) is 2.82. The van der Waals surface area contributed by atoms with Gasteiger partial charge in [-0.3, -0.25) is 0 Å². The summed E-state index contributed by atoms with van der Waals surface area (Å²) >= 11 is 0. The smallest absolute Gasteiger partial charge is 0.0483 e. The Labute approximate surface area is 160 Å². The molecule has 0 aliphatic rings. The minimum absolute atomic E-state index is 0.144. The lowest BCUT2D eigenvalue weighted by atomic mass is 9.88. The van der Waals surface area contributed by atoms with Crippen molar-refractivity contribution in [3.05, 3.63) is 65.4 Å². The summed E-state index contributed by atoms with van der Waals surface area (Å²) in [6, 6.07) is 8.90. The summed E-state index contributed by atoms with van der Waals surface area (Å²) in [7, 11) is 2.12. The molecule has 0 fully saturated rings. The van der Waals surface area contributed by atoms with E-state index in [0.717, 1.165) is 5.57 Å². The van der Waals surface area contributed by atoms with Crippen LogP contribution in [-0.2, 0) is 12.5 Å². The van der Waals surface area contributed by atoms with Crippen molar-refractivity contribution in [2.75, 3.05) is 0 Å². The molecule has 0 saturated heterocycles. The van der Waals surface area contributed by atoms with Gasteiger partial charge in [0.05, 0.1) is 0 Å². The highest BCUT2D eigenvalue weighted by molar-refractivity contribution is 5.79. The number of hydrogen-bond acceptors (Lipinski definition) is 0. The van der Waals surface area contributed by atoms with Gasteiger partial charge in [-0.05, 0) is 65.8 Å². The lowest BCUT2D eigenvalue weighted by Gasteiger charge is -2.15. The first-order valence-corrected chi connectivity index (χ1v) is 9.35. The van der Waals surface area contributed by atoms with Gasteiger partial charge in [0.25, 0.3) is 0 Å². The maximum atomic E-state index is 5.35. The minimum atomic E-state index is 0.144. The van der Waals surface area contributed by atoms with Crippen LogP contribution in [0.3, 0.4) is 0 Å². The number of aryl methyl sites for hydroxylation is 2. The molecule has 1 heteroatoms. The number of rotatable bonds is 3. The predicted molar refractivity (Wildman–Crippen MR) is 117 cm³/mol.